The molecule has 0 aliphatic rings. The van der Waals surface area contributed by atoms with E-state index in [1.165, 1.54) is 17.0 Å². The lowest BCUT2D eigenvalue weighted by Gasteiger charge is -2.03. The van der Waals surface area contributed by atoms with Crippen LogP contribution in [-0.4, -0.2) is 16.0 Å². The summed E-state index contributed by atoms with van der Waals surface area (Å²) in [5.41, 5.74) is 5.24. The summed E-state index contributed by atoms with van der Waals surface area (Å²) in [6.45, 7) is -0.133. The Balaban J connectivity index is 2.68. The number of nitrogens with zero attached hydrogens (tertiary/aromatic N) is 2. The third-order valence-electron chi connectivity index (χ3n) is 1.32. The third-order valence-corrected chi connectivity index (χ3v) is 1.32. The largest absolute Gasteiger partial charge is 0.328 e. The van der Waals surface area contributed by atoms with E-state index < -0.39 is 6.43 Å². The topological polar surface area (TPSA) is 43.8 Å². The van der Waals surface area contributed by atoms with Crippen molar-refractivity contribution >= 4 is 0 Å². The molecular weight excluding hydrogens is 152 g/mol. The van der Waals surface area contributed by atoms with Crippen LogP contribution >= 0.6 is 0 Å². The molecule has 2 N–H and O–H groups in total. The standard InChI is InChI=1S/C6H9F2N3/c7-5(8)4-11-2-1-10-6(11)3-9/h1-2,5H,3-4,9H2. The Labute approximate surface area is 62.8 Å². The van der Waals surface area contributed by atoms with Crippen LogP contribution in [0.25, 0.3) is 0 Å². The first kappa shape index (κ1) is 8.13. The van der Waals surface area contributed by atoms with Gasteiger partial charge in [-0.2, -0.15) is 0 Å². The van der Waals surface area contributed by atoms with E-state index in [2.05, 4.69) is 4.98 Å². The molecule has 0 bridgehead atoms. The lowest BCUT2D eigenvalue weighted by atomic mass is 10.5. The monoisotopic (exact) mass is 161 g/mol. The van der Waals surface area contributed by atoms with Gasteiger partial charge in [-0.25, -0.2) is 13.8 Å². The van der Waals surface area contributed by atoms with Gasteiger partial charge < -0.3 is 10.3 Å². The second kappa shape index (κ2) is 3.43. The quantitative estimate of drug-likeness (QED) is 0.705. The van der Waals surface area contributed by atoms with Crippen molar-refractivity contribution in [1.82, 2.24) is 9.55 Å². The first-order valence-corrected chi connectivity index (χ1v) is 3.22. The van der Waals surface area contributed by atoms with Crippen LogP contribution in [0.2, 0.25) is 0 Å². The fourth-order valence-corrected chi connectivity index (χ4v) is 0.845. The maximum Gasteiger partial charge on any atom is 0.256 e. The van der Waals surface area contributed by atoms with Crippen molar-refractivity contribution in [1.29, 1.82) is 0 Å². The van der Waals surface area contributed by atoms with E-state index in [4.69, 9.17) is 5.73 Å². The normalized spacial score (nSPS) is 10.9. The molecule has 0 spiro atoms. The zero-order valence-electron chi connectivity index (χ0n) is 5.87. The molecule has 0 unspecified atom stereocenters. The highest BCUT2D eigenvalue weighted by Gasteiger charge is 2.06. The van der Waals surface area contributed by atoms with Gasteiger partial charge in [0.2, 0.25) is 0 Å². The molecule has 1 aromatic rings. The predicted molar refractivity (Wildman–Crippen MR) is 36.1 cm³/mol. The van der Waals surface area contributed by atoms with E-state index in [1.807, 2.05) is 0 Å². The number of hydrogen-bond donors (Lipinski definition) is 1. The van der Waals surface area contributed by atoms with Crippen LogP contribution in [0.5, 0.6) is 0 Å². The van der Waals surface area contributed by atoms with E-state index in [1.54, 1.807) is 0 Å². The minimum atomic E-state index is -2.35. The van der Waals surface area contributed by atoms with Crippen LogP contribution in [0.4, 0.5) is 8.78 Å². The van der Waals surface area contributed by atoms with Gasteiger partial charge in [0, 0.05) is 12.4 Å². The molecule has 1 heterocycles. The van der Waals surface area contributed by atoms with Crippen LogP contribution < -0.4 is 5.73 Å². The maximum absolute atomic E-state index is 11.8. The molecule has 0 aromatic carbocycles. The SMILES string of the molecule is NCc1nccn1CC(F)F. The van der Waals surface area contributed by atoms with Crippen molar-refractivity contribution in [2.45, 2.75) is 19.5 Å². The lowest BCUT2D eigenvalue weighted by Crippen LogP contribution is -2.12. The molecule has 1 rings (SSSR count). The summed E-state index contributed by atoms with van der Waals surface area (Å²) in [7, 11) is 0. The van der Waals surface area contributed by atoms with Gasteiger partial charge in [0.15, 0.2) is 0 Å². The summed E-state index contributed by atoms with van der Waals surface area (Å²) in [5, 5.41) is 0. The molecule has 1 aromatic heterocycles. The number of alkyl halides is 2. The predicted octanol–water partition coefficient (Wildman–Crippen LogP) is 0.607. The zero-order valence-corrected chi connectivity index (χ0v) is 5.87. The highest BCUT2D eigenvalue weighted by atomic mass is 19.3. The van der Waals surface area contributed by atoms with Gasteiger partial charge in [-0.15, -0.1) is 0 Å². The number of imidazole rings is 1. The van der Waals surface area contributed by atoms with Crippen molar-refractivity contribution < 1.29 is 8.78 Å². The fraction of sp³-hybridized carbons (Fsp3) is 0.500. The summed E-state index contributed by atoms with van der Waals surface area (Å²) < 4.78 is 25.0. The Bertz CT molecular complexity index is 221. The van der Waals surface area contributed by atoms with E-state index >= 15 is 0 Å². The van der Waals surface area contributed by atoms with Crippen LogP contribution in [0.1, 0.15) is 5.82 Å². The second-order valence-corrected chi connectivity index (χ2v) is 2.09. The fourth-order valence-electron chi connectivity index (χ4n) is 0.845. The molecule has 0 saturated heterocycles. The molecule has 0 aliphatic carbocycles. The van der Waals surface area contributed by atoms with Crippen LogP contribution in [0.3, 0.4) is 0 Å². The second-order valence-electron chi connectivity index (χ2n) is 2.09. The van der Waals surface area contributed by atoms with Gasteiger partial charge in [0.1, 0.15) is 5.82 Å². The van der Waals surface area contributed by atoms with Gasteiger partial charge in [0.25, 0.3) is 6.43 Å². The van der Waals surface area contributed by atoms with E-state index in [-0.39, 0.29) is 13.1 Å². The molecule has 0 radical (unpaired) electrons. The lowest BCUT2D eigenvalue weighted by molar-refractivity contribution is 0.125. The Hall–Kier alpha value is -0.970. The highest BCUT2D eigenvalue weighted by molar-refractivity contribution is 4.91. The zero-order chi connectivity index (χ0) is 8.27. The Morgan fingerprint density at radius 2 is 2.36 bits per heavy atom. The molecule has 3 nitrogen and oxygen atoms in total. The molecule has 0 fully saturated rings. The molecule has 0 aliphatic heterocycles. The van der Waals surface area contributed by atoms with Gasteiger partial charge in [-0.3, -0.25) is 0 Å². The van der Waals surface area contributed by atoms with E-state index in [0.29, 0.717) is 5.82 Å². The van der Waals surface area contributed by atoms with Crippen molar-refractivity contribution in [3.63, 3.8) is 0 Å². The minimum absolute atomic E-state index is 0.194. The molecule has 5 heteroatoms. The van der Waals surface area contributed by atoms with Gasteiger partial charge in [-0.05, 0) is 0 Å². The molecule has 62 valence electrons. The first-order chi connectivity index (χ1) is 5.24. The van der Waals surface area contributed by atoms with E-state index in [0.717, 1.165) is 0 Å². The van der Waals surface area contributed by atoms with Gasteiger partial charge in [0.05, 0.1) is 13.1 Å². The third kappa shape index (κ3) is 1.98. The van der Waals surface area contributed by atoms with Crippen molar-refractivity contribution in [3.8, 4) is 0 Å². The summed E-state index contributed by atoms with van der Waals surface area (Å²) in [5.74, 6) is 0.491. The average Bonchev–Trinajstić information content (AvgIpc) is 2.34. The number of halogens is 2. The average molecular weight is 161 g/mol. The summed E-state index contributed by atoms with van der Waals surface area (Å²) in [6, 6.07) is 0. The number of rotatable bonds is 3. The Kier molecular flexibility index (Phi) is 2.53. The first-order valence-electron chi connectivity index (χ1n) is 3.22. The maximum atomic E-state index is 11.8. The molecule has 11 heavy (non-hydrogen) atoms. The van der Waals surface area contributed by atoms with Crippen LogP contribution in [0, 0.1) is 0 Å². The molecule has 0 saturated carbocycles. The van der Waals surface area contributed by atoms with Crippen LogP contribution in [0.15, 0.2) is 12.4 Å². The number of aromatic nitrogens is 2. The molecule has 0 amide bonds. The summed E-state index contributed by atoms with van der Waals surface area (Å²) >= 11 is 0. The summed E-state index contributed by atoms with van der Waals surface area (Å²) in [4.78, 5) is 3.79. The van der Waals surface area contributed by atoms with Crippen LogP contribution in [-0.2, 0) is 13.1 Å². The minimum Gasteiger partial charge on any atom is -0.328 e. The smallest absolute Gasteiger partial charge is 0.256 e. The highest BCUT2D eigenvalue weighted by Crippen LogP contribution is 2.01. The van der Waals surface area contributed by atoms with Crippen molar-refractivity contribution in [2.75, 3.05) is 0 Å². The summed E-state index contributed by atoms with van der Waals surface area (Å²) in [6.07, 6.45) is 0.605. The number of hydrogen-bond acceptors (Lipinski definition) is 2. The Morgan fingerprint density at radius 1 is 1.64 bits per heavy atom. The molecular formula is C6H9F2N3. The van der Waals surface area contributed by atoms with E-state index in [9.17, 15) is 8.78 Å². The Morgan fingerprint density at radius 3 is 2.91 bits per heavy atom. The van der Waals surface area contributed by atoms with Gasteiger partial charge in [-0.1, -0.05) is 0 Å². The van der Waals surface area contributed by atoms with Crippen molar-refractivity contribution in [2.24, 2.45) is 5.73 Å². The number of nitrogens with two attached hydrogens (primary N) is 1. The van der Waals surface area contributed by atoms with Gasteiger partial charge >= 0.3 is 0 Å². The van der Waals surface area contributed by atoms with Crippen molar-refractivity contribution in [3.05, 3.63) is 18.2 Å². The molecule has 0 atom stereocenters.